The fraction of sp³-hybridized carbons (Fsp3) is 0.278. The summed E-state index contributed by atoms with van der Waals surface area (Å²) in [5.41, 5.74) is 4.14. The van der Waals surface area contributed by atoms with Crippen LogP contribution in [0.3, 0.4) is 0 Å². The number of hydrogen-bond donors (Lipinski definition) is 0. The van der Waals surface area contributed by atoms with Crippen LogP contribution >= 0.6 is 0 Å². The van der Waals surface area contributed by atoms with Gasteiger partial charge in [0.1, 0.15) is 0 Å². The minimum Gasteiger partial charge on any atom is -0.465 e. The van der Waals surface area contributed by atoms with Crippen LogP contribution in [0.5, 0.6) is 0 Å². The van der Waals surface area contributed by atoms with E-state index in [-0.39, 0.29) is 11.9 Å². The average molecular weight is 310 g/mol. The van der Waals surface area contributed by atoms with Gasteiger partial charge in [0.15, 0.2) is 0 Å². The molecule has 1 amide bonds. The Labute approximate surface area is 134 Å². The first-order valence-corrected chi connectivity index (χ1v) is 7.63. The first-order valence-electron chi connectivity index (χ1n) is 7.63. The van der Waals surface area contributed by atoms with Crippen LogP contribution in [0.15, 0.2) is 36.4 Å². The van der Waals surface area contributed by atoms with E-state index in [0.717, 1.165) is 29.1 Å². The first-order chi connectivity index (χ1) is 11.1. The summed E-state index contributed by atoms with van der Waals surface area (Å²) in [6, 6.07) is 11.0. The second kappa shape index (κ2) is 6.20. The SMILES string of the molecule is CCC(=O)N1CCc2nc(-c3ccc(C(=O)OC)cc3)ccc21. The van der Waals surface area contributed by atoms with Gasteiger partial charge in [-0.25, -0.2) is 4.79 Å². The number of esters is 1. The van der Waals surface area contributed by atoms with Crippen molar-refractivity contribution in [2.75, 3.05) is 18.6 Å². The number of ether oxygens (including phenoxy) is 1. The number of methoxy groups -OCH3 is 1. The fourth-order valence-corrected chi connectivity index (χ4v) is 2.77. The lowest BCUT2D eigenvalue weighted by atomic mass is 10.1. The molecule has 0 radical (unpaired) electrons. The predicted molar refractivity (Wildman–Crippen MR) is 87.4 cm³/mol. The summed E-state index contributed by atoms with van der Waals surface area (Å²) in [4.78, 5) is 29.9. The van der Waals surface area contributed by atoms with Crippen molar-refractivity contribution in [1.82, 2.24) is 4.98 Å². The average Bonchev–Trinajstić information content (AvgIpc) is 3.03. The Kier molecular flexibility index (Phi) is 4.10. The number of amides is 1. The quantitative estimate of drug-likeness (QED) is 0.818. The molecule has 118 valence electrons. The number of nitrogens with zero attached hydrogens (tertiary/aromatic N) is 2. The lowest BCUT2D eigenvalue weighted by Gasteiger charge is -2.16. The number of aromatic nitrogens is 1. The molecule has 0 fully saturated rings. The van der Waals surface area contributed by atoms with Gasteiger partial charge < -0.3 is 9.64 Å². The van der Waals surface area contributed by atoms with Crippen molar-refractivity contribution >= 4 is 17.6 Å². The van der Waals surface area contributed by atoms with E-state index in [1.54, 1.807) is 17.0 Å². The number of fused-ring (bicyclic) bond motifs is 1. The third kappa shape index (κ3) is 2.82. The van der Waals surface area contributed by atoms with Crippen LogP contribution in [0.2, 0.25) is 0 Å². The lowest BCUT2D eigenvalue weighted by molar-refractivity contribution is -0.118. The molecule has 3 rings (SSSR count). The Hall–Kier alpha value is -2.69. The summed E-state index contributed by atoms with van der Waals surface area (Å²) in [5.74, 6) is -0.229. The van der Waals surface area contributed by atoms with E-state index in [2.05, 4.69) is 4.98 Å². The topological polar surface area (TPSA) is 59.5 Å². The van der Waals surface area contributed by atoms with Crippen LogP contribution in [0, 0.1) is 0 Å². The molecule has 0 aliphatic carbocycles. The van der Waals surface area contributed by atoms with E-state index in [4.69, 9.17) is 4.74 Å². The second-order valence-corrected chi connectivity index (χ2v) is 5.38. The predicted octanol–water partition coefficient (Wildman–Crippen LogP) is 2.83. The monoisotopic (exact) mass is 310 g/mol. The largest absolute Gasteiger partial charge is 0.465 e. The van der Waals surface area contributed by atoms with Gasteiger partial charge in [-0.1, -0.05) is 19.1 Å². The summed E-state index contributed by atoms with van der Waals surface area (Å²) >= 11 is 0. The molecule has 0 saturated carbocycles. The molecule has 5 nitrogen and oxygen atoms in total. The lowest BCUT2D eigenvalue weighted by Crippen LogP contribution is -2.27. The molecule has 0 atom stereocenters. The van der Waals surface area contributed by atoms with Crippen molar-refractivity contribution in [2.24, 2.45) is 0 Å². The highest BCUT2D eigenvalue weighted by Gasteiger charge is 2.24. The number of anilines is 1. The first kappa shape index (κ1) is 15.2. The van der Waals surface area contributed by atoms with E-state index in [0.29, 0.717) is 18.5 Å². The number of carbonyl (C=O) groups is 2. The molecule has 2 aromatic rings. The Balaban J connectivity index is 1.88. The Morgan fingerprint density at radius 3 is 2.57 bits per heavy atom. The molecule has 2 heterocycles. The van der Waals surface area contributed by atoms with E-state index >= 15 is 0 Å². The molecule has 1 aromatic carbocycles. The summed E-state index contributed by atoms with van der Waals surface area (Å²) in [6.07, 6.45) is 1.27. The summed E-state index contributed by atoms with van der Waals surface area (Å²) in [7, 11) is 1.36. The van der Waals surface area contributed by atoms with Gasteiger partial charge in [0.25, 0.3) is 0 Å². The maximum atomic E-state index is 11.9. The molecule has 0 N–H and O–H groups in total. The number of rotatable bonds is 3. The Morgan fingerprint density at radius 2 is 1.91 bits per heavy atom. The molecule has 5 heteroatoms. The van der Waals surface area contributed by atoms with Gasteiger partial charge in [-0.15, -0.1) is 0 Å². The number of hydrogen-bond acceptors (Lipinski definition) is 4. The molecule has 0 unspecified atom stereocenters. The second-order valence-electron chi connectivity index (χ2n) is 5.38. The fourth-order valence-electron chi connectivity index (χ4n) is 2.77. The molecule has 0 bridgehead atoms. The van der Waals surface area contributed by atoms with Crippen molar-refractivity contribution in [3.63, 3.8) is 0 Å². The highest BCUT2D eigenvalue weighted by atomic mass is 16.5. The van der Waals surface area contributed by atoms with Gasteiger partial charge >= 0.3 is 5.97 Å². The molecule has 1 aliphatic heterocycles. The molecule has 0 spiro atoms. The molecule has 0 saturated heterocycles. The van der Waals surface area contributed by atoms with Crippen LogP contribution in [-0.2, 0) is 16.0 Å². The number of benzene rings is 1. The van der Waals surface area contributed by atoms with Gasteiger partial charge in [-0.3, -0.25) is 9.78 Å². The van der Waals surface area contributed by atoms with E-state index in [9.17, 15) is 9.59 Å². The third-order valence-corrected chi connectivity index (χ3v) is 4.02. The summed E-state index contributed by atoms with van der Waals surface area (Å²) in [5, 5.41) is 0. The van der Waals surface area contributed by atoms with Crippen molar-refractivity contribution in [1.29, 1.82) is 0 Å². The smallest absolute Gasteiger partial charge is 0.337 e. The van der Waals surface area contributed by atoms with Gasteiger partial charge in [0.05, 0.1) is 29.7 Å². The number of pyridine rings is 1. The molecular weight excluding hydrogens is 292 g/mol. The van der Waals surface area contributed by atoms with Crippen LogP contribution in [0.4, 0.5) is 5.69 Å². The van der Waals surface area contributed by atoms with Crippen molar-refractivity contribution in [3.8, 4) is 11.3 Å². The standard InChI is InChI=1S/C18H18N2O3/c1-3-17(21)20-11-10-15-16(20)9-8-14(19-15)12-4-6-13(7-5-12)18(22)23-2/h4-9H,3,10-11H2,1-2H3. The maximum absolute atomic E-state index is 11.9. The van der Waals surface area contributed by atoms with Crippen LogP contribution in [-0.4, -0.2) is 30.5 Å². The maximum Gasteiger partial charge on any atom is 0.337 e. The highest BCUT2D eigenvalue weighted by molar-refractivity contribution is 5.95. The zero-order valence-corrected chi connectivity index (χ0v) is 13.2. The Bertz CT molecular complexity index is 753. The van der Waals surface area contributed by atoms with Crippen LogP contribution < -0.4 is 4.90 Å². The summed E-state index contributed by atoms with van der Waals surface area (Å²) in [6.45, 7) is 2.56. The zero-order valence-electron chi connectivity index (χ0n) is 13.2. The molecular formula is C18H18N2O3. The molecule has 1 aliphatic rings. The van der Waals surface area contributed by atoms with E-state index < -0.39 is 0 Å². The zero-order chi connectivity index (χ0) is 16.4. The number of carbonyl (C=O) groups excluding carboxylic acids is 2. The molecule has 1 aromatic heterocycles. The van der Waals surface area contributed by atoms with Crippen LogP contribution in [0.25, 0.3) is 11.3 Å². The van der Waals surface area contributed by atoms with Gasteiger partial charge in [0.2, 0.25) is 5.91 Å². The minimum atomic E-state index is -0.354. The van der Waals surface area contributed by atoms with E-state index in [1.807, 2.05) is 31.2 Å². The minimum absolute atomic E-state index is 0.126. The van der Waals surface area contributed by atoms with E-state index in [1.165, 1.54) is 7.11 Å². The Morgan fingerprint density at radius 1 is 1.17 bits per heavy atom. The van der Waals surface area contributed by atoms with Gasteiger partial charge in [0, 0.05) is 24.9 Å². The third-order valence-electron chi connectivity index (χ3n) is 4.02. The van der Waals surface area contributed by atoms with Gasteiger partial charge in [-0.2, -0.15) is 0 Å². The van der Waals surface area contributed by atoms with Crippen molar-refractivity contribution in [3.05, 3.63) is 47.7 Å². The van der Waals surface area contributed by atoms with Crippen molar-refractivity contribution in [2.45, 2.75) is 19.8 Å². The van der Waals surface area contributed by atoms with Gasteiger partial charge in [-0.05, 0) is 24.3 Å². The van der Waals surface area contributed by atoms with Crippen molar-refractivity contribution < 1.29 is 14.3 Å². The van der Waals surface area contributed by atoms with Crippen LogP contribution in [0.1, 0.15) is 29.4 Å². The normalized spacial score (nSPS) is 12.9. The highest BCUT2D eigenvalue weighted by Crippen LogP contribution is 2.30. The molecule has 23 heavy (non-hydrogen) atoms. The summed E-state index contributed by atoms with van der Waals surface area (Å²) < 4.78 is 4.70.